The molecule has 0 aromatic heterocycles. The molecule has 0 unspecified atom stereocenters. The fourth-order valence-electron chi connectivity index (χ4n) is 0.496. The maximum absolute atomic E-state index is 5.41. The van der Waals surface area contributed by atoms with Crippen molar-refractivity contribution in [3.63, 3.8) is 0 Å². The standard InChI is InChI=1S/C5H5Cl2NO/c6-5(7)4-3-9-2-1-8-4/h1H,2-3H2. The maximum atomic E-state index is 5.41. The van der Waals surface area contributed by atoms with Gasteiger partial charge in [0.25, 0.3) is 0 Å². The largest absolute Gasteiger partial charge is 0.369 e. The van der Waals surface area contributed by atoms with E-state index in [2.05, 4.69) is 4.99 Å². The molecule has 9 heavy (non-hydrogen) atoms. The van der Waals surface area contributed by atoms with Gasteiger partial charge in [0, 0.05) is 6.21 Å². The van der Waals surface area contributed by atoms with Crippen LogP contribution >= 0.6 is 23.2 Å². The molecule has 0 N–H and O–H groups in total. The van der Waals surface area contributed by atoms with Gasteiger partial charge in [0.2, 0.25) is 0 Å². The van der Waals surface area contributed by atoms with E-state index in [-0.39, 0.29) is 4.49 Å². The third-order valence-electron chi connectivity index (χ3n) is 0.896. The van der Waals surface area contributed by atoms with E-state index in [9.17, 15) is 0 Å². The van der Waals surface area contributed by atoms with Crippen molar-refractivity contribution in [3.05, 3.63) is 10.2 Å². The van der Waals surface area contributed by atoms with Gasteiger partial charge in [-0.1, -0.05) is 23.2 Å². The zero-order valence-corrected chi connectivity index (χ0v) is 6.11. The number of nitrogens with zero attached hydrogens (tertiary/aromatic N) is 1. The lowest BCUT2D eigenvalue weighted by atomic mass is 10.5. The van der Waals surface area contributed by atoms with Crippen molar-refractivity contribution in [1.29, 1.82) is 0 Å². The molecule has 0 atom stereocenters. The first kappa shape index (κ1) is 7.06. The summed E-state index contributed by atoms with van der Waals surface area (Å²) < 4.78 is 5.15. The van der Waals surface area contributed by atoms with Gasteiger partial charge >= 0.3 is 0 Å². The summed E-state index contributed by atoms with van der Waals surface area (Å²) in [5.74, 6) is 0. The Labute approximate surface area is 63.1 Å². The highest BCUT2D eigenvalue weighted by molar-refractivity contribution is 6.56. The van der Waals surface area contributed by atoms with E-state index >= 15 is 0 Å². The van der Waals surface area contributed by atoms with Crippen LogP contribution < -0.4 is 0 Å². The Morgan fingerprint density at radius 3 is 2.78 bits per heavy atom. The van der Waals surface area contributed by atoms with Crippen molar-refractivity contribution in [3.8, 4) is 0 Å². The highest BCUT2D eigenvalue weighted by Gasteiger charge is 2.03. The van der Waals surface area contributed by atoms with Gasteiger partial charge < -0.3 is 4.74 Å². The molecule has 0 bridgehead atoms. The van der Waals surface area contributed by atoms with Crippen molar-refractivity contribution in [2.75, 3.05) is 13.2 Å². The second kappa shape index (κ2) is 3.20. The minimum Gasteiger partial charge on any atom is -0.369 e. The minimum atomic E-state index is 0.186. The molecule has 50 valence electrons. The van der Waals surface area contributed by atoms with Gasteiger partial charge in [0.05, 0.1) is 18.9 Å². The molecule has 0 aliphatic carbocycles. The number of rotatable bonds is 0. The smallest absolute Gasteiger partial charge is 0.130 e. The summed E-state index contributed by atoms with van der Waals surface area (Å²) in [5.41, 5.74) is 0.601. The van der Waals surface area contributed by atoms with E-state index in [0.717, 1.165) is 0 Å². The van der Waals surface area contributed by atoms with Gasteiger partial charge in [-0.3, -0.25) is 4.99 Å². The molecule has 0 aromatic carbocycles. The van der Waals surface area contributed by atoms with Crippen LogP contribution in [0.15, 0.2) is 15.2 Å². The quantitative estimate of drug-likeness (QED) is 0.536. The number of hydrogen-bond donors (Lipinski definition) is 0. The summed E-state index contributed by atoms with van der Waals surface area (Å²) in [7, 11) is 0. The van der Waals surface area contributed by atoms with Crippen molar-refractivity contribution in [2.24, 2.45) is 4.99 Å². The van der Waals surface area contributed by atoms with E-state index in [1.54, 1.807) is 6.21 Å². The molecule has 0 amide bonds. The van der Waals surface area contributed by atoms with Gasteiger partial charge in [0.15, 0.2) is 0 Å². The van der Waals surface area contributed by atoms with Crippen LogP contribution in [-0.2, 0) is 4.74 Å². The Bertz CT molecular complexity index is 160. The molecule has 0 saturated carbocycles. The number of halogens is 2. The van der Waals surface area contributed by atoms with Gasteiger partial charge in [-0.15, -0.1) is 0 Å². The van der Waals surface area contributed by atoms with Crippen molar-refractivity contribution in [2.45, 2.75) is 0 Å². The third kappa shape index (κ3) is 1.97. The molecule has 0 saturated heterocycles. The molecular weight excluding hydrogens is 161 g/mol. The highest BCUT2D eigenvalue weighted by Crippen LogP contribution is 2.16. The van der Waals surface area contributed by atoms with Gasteiger partial charge in [-0.25, -0.2) is 0 Å². The second-order valence-corrected chi connectivity index (χ2v) is 2.48. The molecule has 1 rings (SSSR count). The lowest BCUT2D eigenvalue weighted by molar-refractivity contribution is 0.192. The average Bonchev–Trinajstić information content (AvgIpc) is 1.90. The van der Waals surface area contributed by atoms with E-state index in [0.29, 0.717) is 18.9 Å². The fraction of sp³-hybridized carbons (Fsp3) is 0.400. The Kier molecular flexibility index (Phi) is 2.51. The molecule has 0 aromatic rings. The zero-order valence-electron chi connectivity index (χ0n) is 4.60. The molecule has 1 heterocycles. The molecule has 0 fully saturated rings. The van der Waals surface area contributed by atoms with E-state index in [1.165, 1.54) is 0 Å². The summed E-state index contributed by atoms with van der Waals surface area (Å²) in [4.78, 5) is 3.89. The molecule has 4 heteroatoms. The van der Waals surface area contributed by atoms with E-state index in [1.807, 2.05) is 0 Å². The van der Waals surface area contributed by atoms with Crippen LogP contribution in [0.4, 0.5) is 0 Å². The lowest BCUT2D eigenvalue weighted by Crippen LogP contribution is -2.06. The first-order valence-electron chi connectivity index (χ1n) is 2.45. The number of ether oxygens (including phenoxy) is 1. The van der Waals surface area contributed by atoms with Gasteiger partial charge in [0.1, 0.15) is 4.49 Å². The molecule has 1 aliphatic rings. The summed E-state index contributed by atoms with van der Waals surface area (Å²) in [6.07, 6.45) is 1.63. The summed E-state index contributed by atoms with van der Waals surface area (Å²) >= 11 is 10.8. The minimum absolute atomic E-state index is 0.186. The lowest BCUT2D eigenvalue weighted by Gasteiger charge is -2.06. The third-order valence-corrected chi connectivity index (χ3v) is 1.33. The first-order chi connectivity index (χ1) is 4.30. The van der Waals surface area contributed by atoms with Crippen LogP contribution in [0.3, 0.4) is 0 Å². The Morgan fingerprint density at radius 2 is 2.44 bits per heavy atom. The SMILES string of the molecule is ClC(Cl)=C1COCC=N1. The normalized spacial score (nSPS) is 18.2. The van der Waals surface area contributed by atoms with Crippen LogP contribution in [0.5, 0.6) is 0 Å². The van der Waals surface area contributed by atoms with Crippen LogP contribution in [0.25, 0.3) is 0 Å². The molecule has 2 nitrogen and oxygen atoms in total. The summed E-state index contributed by atoms with van der Waals surface area (Å²) in [5, 5.41) is 0. The van der Waals surface area contributed by atoms with E-state index in [4.69, 9.17) is 27.9 Å². The molecule has 0 spiro atoms. The van der Waals surface area contributed by atoms with Gasteiger partial charge in [-0.05, 0) is 0 Å². The molecule has 1 aliphatic heterocycles. The monoisotopic (exact) mass is 165 g/mol. The molecule has 0 radical (unpaired) electrons. The van der Waals surface area contributed by atoms with Crippen LogP contribution in [0.2, 0.25) is 0 Å². The molecular formula is C5H5Cl2NO. The van der Waals surface area contributed by atoms with Crippen LogP contribution in [0.1, 0.15) is 0 Å². The topological polar surface area (TPSA) is 21.6 Å². The predicted octanol–water partition coefficient (Wildman–Crippen LogP) is 1.73. The summed E-state index contributed by atoms with van der Waals surface area (Å²) in [6.45, 7) is 0.962. The van der Waals surface area contributed by atoms with Crippen molar-refractivity contribution >= 4 is 29.4 Å². The maximum Gasteiger partial charge on any atom is 0.130 e. The predicted molar refractivity (Wildman–Crippen MR) is 38.0 cm³/mol. The Hall–Kier alpha value is -0.0500. The van der Waals surface area contributed by atoms with Gasteiger partial charge in [-0.2, -0.15) is 0 Å². The Balaban J connectivity index is 2.71. The second-order valence-electron chi connectivity index (χ2n) is 1.53. The van der Waals surface area contributed by atoms with E-state index < -0.39 is 0 Å². The zero-order chi connectivity index (χ0) is 6.69. The van der Waals surface area contributed by atoms with Crippen LogP contribution in [-0.4, -0.2) is 19.4 Å². The summed E-state index contributed by atoms with van der Waals surface area (Å²) in [6, 6.07) is 0. The number of hydrogen-bond acceptors (Lipinski definition) is 2. The average molecular weight is 166 g/mol. The van der Waals surface area contributed by atoms with Crippen LogP contribution in [0, 0.1) is 0 Å². The highest BCUT2D eigenvalue weighted by atomic mass is 35.5. The van der Waals surface area contributed by atoms with Crippen molar-refractivity contribution < 1.29 is 4.74 Å². The fourth-order valence-corrected chi connectivity index (χ4v) is 0.703. The van der Waals surface area contributed by atoms with Crippen molar-refractivity contribution in [1.82, 2.24) is 0 Å². The number of aliphatic imine (C=N–C) groups is 1. The first-order valence-corrected chi connectivity index (χ1v) is 3.20. The Morgan fingerprint density at radius 1 is 1.67 bits per heavy atom.